The van der Waals surface area contributed by atoms with Crippen LogP contribution in [0.25, 0.3) is 32.3 Å². The van der Waals surface area contributed by atoms with E-state index in [2.05, 4.69) is 39.3 Å². The van der Waals surface area contributed by atoms with Gasteiger partial charge in [0, 0.05) is 29.9 Å². The number of nitrogens with one attached hydrogen (secondary N) is 2. The van der Waals surface area contributed by atoms with Crippen molar-refractivity contribution < 1.29 is 4.79 Å². The van der Waals surface area contributed by atoms with Crippen molar-refractivity contribution in [3.05, 3.63) is 84.7 Å². The summed E-state index contributed by atoms with van der Waals surface area (Å²) in [5.41, 5.74) is 3.46. The Labute approximate surface area is 232 Å². The van der Waals surface area contributed by atoms with Crippen molar-refractivity contribution in [3.8, 4) is 22.0 Å². The van der Waals surface area contributed by atoms with E-state index in [1.807, 2.05) is 66.7 Å². The monoisotopic (exact) mass is 537 g/mol. The predicted octanol–water partition coefficient (Wildman–Crippen LogP) is 6.21. The Balaban J connectivity index is 1.40. The minimum Gasteiger partial charge on any atom is -0.370 e. The number of carbonyl (C=O) groups excluding carboxylic acids is 1. The zero-order chi connectivity index (χ0) is 27.0. The molecule has 5 rings (SSSR count). The molecule has 9 heteroatoms. The predicted molar refractivity (Wildman–Crippen MR) is 159 cm³/mol. The van der Waals surface area contributed by atoms with Gasteiger partial charge < -0.3 is 15.5 Å². The Bertz CT molecular complexity index is 1520. The van der Waals surface area contributed by atoms with E-state index in [1.165, 1.54) is 11.3 Å². The first-order chi connectivity index (χ1) is 19.1. The summed E-state index contributed by atoms with van der Waals surface area (Å²) in [4.78, 5) is 35.2. The topological polar surface area (TPSA) is 95.9 Å². The third kappa shape index (κ3) is 6.45. The Kier molecular flexibility index (Phi) is 8.50. The number of nitrogens with zero attached hydrogens (tertiary/aromatic N) is 5. The number of hydrogen-bond donors (Lipinski definition) is 2. The molecule has 0 saturated carbocycles. The van der Waals surface area contributed by atoms with Crippen LogP contribution in [0.1, 0.15) is 30.8 Å². The largest absolute Gasteiger partial charge is 0.370 e. The van der Waals surface area contributed by atoms with Gasteiger partial charge in [-0.1, -0.05) is 67.6 Å². The summed E-state index contributed by atoms with van der Waals surface area (Å²) in [7, 11) is 0. The second-order valence-corrected chi connectivity index (χ2v) is 9.96. The number of rotatable bonds is 11. The summed E-state index contributed by atoms with van der Waals surface area (Å²) in [5, 5.41) is 7.25. The fraction of sp³-hybridized carbons (Fsp3) is 0.233. The van der Waals surface area contributed by atoms with Crippen molar-refractivity contribution in [2.45, 2.75) is 20.3 Å². The smallest absolute Gasteiger partial charge is 0.274 e. The van der Waals surface area contributed by atoms with Gasteiger partial charge in [-0.05, 0) is 50.3 Å². The highest BCUT2D eigenvalue weighted by molar-refractivity contribution is 7.21. The molecule has 0 atom stereocenters. The summed E-state index contributed by atoms with van der Waals surface area (Å²) in [6.45, 7) is 8.15. The van der Waals surface area contributed by atoms with Crippen molar-refractivity contribution in [1.82, 2.24) is 24.8 Å². The molecule has 1 amide bonds. The molecule has 0 radical (unpaired) electrons. The first-order valence-electron chi connectivity index (χ1n) is 13.2. The van der Waals surface area contributed by atoms with E-state index in [4.69, 9.17) is 9.97 Å². The number of pyridine rings is 1. The molecule has 0 fully saturated rings. The maximum Gasteiger partial charge on any atom is 0.274 e. The quantitative estimate of drug-likeness (QED) is 0.193. The number of thiazole rings is 1. The van der Waals surface area contributed by atoms with Crippen LogP contribution in [0.5, 0.6) is 0 Å². The minimum absolute atomic E-state index is 0.288. The number of fused-ring (bicyclic) bond motifs is 1. The Morgan fingerprint density at radius 2 is 1.72 bits per heavy atom. The standard InChI is InChI=1S/C30H31N7OS/c1-3-37(4-2)19-11-18-31-26-20-25(33-27(36-26)21-12-6-5-7-13-21)28(38)34-23-15-9-8-14-22(23)29-35-24-16-10-17-32-30(24)39-29/h5-10,12-17,20H,3-4,11,18-19H2,1-2H3,(H,34,38)(H,31,33,36). The second kappa shape index (κ2) is 12.6. The molecule has 0 bridgehead atoms. The molecule has 0 spiro atoms. The maximum atomic E-state index is 13.5. The average molecular weight is 538 g/mol. The zero-order valence-electron chi connectivity index (χ0n) is 22.1. The lowest BCUT2D eigenvalue weighted by Gasteiger charge is -2.18. The number of benzene rings is 2. The molecule has 5 aromatic rings. The van der Waals surface area contributed by atoms with Crippen molar-refractivity contribution in [3.63, 3.8) is 0 Å². The van der Waals surface area contributed by atoms with E-state index < -0.39 is 0 Å². The van der Waals surface area contributed by atoms with Gasteiger partial charge in [-0.25, -0.2) is 19.9 Å². The van der Waals surface area contributed by atoms with Gasteiger partial charge >= 0.3 is 0 Å². The first kappa shape index (κ1) is 26.4. The SMILES string of the molecule is CCN(CC)CCCNc1cc(C(=O)Nc2ccccc2-c2nc3cccnc3s2)nc(-c2ccccc2)n1. The van der Waals surface area contributed by atoms with Crippen LogP contribution < -0.4 is 10.6 Å². The van der Waals surface area contributed by atoms with Gasteiger partial charge in [-0.2, -0.15) is 0 Å². The molecule has 0 saturated heterocycles. The fourth-order valence-corrected chi connectivity index (χ4v) is 5.23. The van der Waals surface area contributed by atoms with Crippen molar-refractivity contribution in [2.75, 3.05) is 36.8 Å². The van der Waals surface area contributed by atoms with Gasteiger partial charge in [0.25, 0.3) is 5.91 Å². The Morgan fingerprint density at radius 1 is 0.923 bits per heavy atom. The summed E-state index contributed by atoms with van der Waals surface area (Å²) >= 11 is 1.49. The number of hydrogen-bond acceptors (Lipinski definition) is 8. The molecule has 0 aliphatic heterocycles. The Hall–Kier alpha value is -4.21. The number of para-hydroxylation sites is 1. The van der Waals surface area contributed by atoms with Crippen LogP contribution in [0.3, 0.4) is 0 Å². The number of amides is 1. The van der Waals surface area contributed by atoms with Crippen LogP contribution in [0.2, 0.25) is 0 Å². The van der Waals surface area contributed by atoms with Gasteiger partial charge in [-0.3, -0.25) is 4.79 Å². The highest BCUT2D eigenvalue weighted by Crippen LogP contribution is 2.33. The fourth-order valence-electron chi connectivity index (χ4n) is 4.28. The van der Waals surface area contributed by atoms with Crippen LogP contribution in [0.4, 0.5) is 11.5 Å². The van der Waals surface area contributed by atoms with Gasteiger partial charge in [0.05, 0.1) is 5.69 Å². The van der Waals surface area contributed by atoms with Crippen molar-refractivity contribution in [1.29, 1.82) is 0 Å². The molecule has 0 unspecified atom stereocenters. The normalized spacial score (nSPS) is 11.2. The maximum absolute atomic E-state index is 13.5. The lowest BCUT2D eigenvalue weighted by atomic mass is 10.1. The highest BCUT2D eigenvalue weighted by atomic mass is 32.1. The summed E-state index contributed by atoms with van der Waals surface area (Å²) in [5.74, 6) is 0.812. The number of anilines is 2. The van der Waals surface area contributed by atoms with Crippen LogP contribution >= 0.6 is 11.3 Å². The van der Waals surface area contributed by atoms with E-state index in [9.17, 15) is 4.79 Å². The van der Waals surface area contributed by atoms with E-state index in [0.29, 0.717) is 17.3 Å². The van der Waals surface area contributed by atoms with Crippen LogP contribution in [0, 0.1) is 0 Å². The molecule has 0 aliphatic carbocycles. The van der Waals surface area contributed by atoms with Crippen LogP contribution in [-0.2, 0) is 0 Å². The van der Waals surface area contributed by atoms with Crippen LogP contribution in [0.15, 0.2) is 79.0 Å². The molecular weight excluding hydrogens is 506 g/mol. The molecule has 3 heterocycles. The van der Waals surface area contributed by atoms with Gasteiger partial charge in [0.2, 0.25) is 0 Å². The molecule has 3 aromatic heterocycles. The zero-order valence-corrected chi connectivity index (χ0v) is 22.9. The molecule has 2 N–H and O–H groups in total. The third-order valence-electron chi connectivity index (χ3n) is 6.41. The lowest BCUT2D eigenvalue weighted by molar-refractivity contribution is 0.102. The van der Waals surface area contributed by atoms with E-state index >= 15 is 0 Å². The summed E-state index contributed by atoms with van der Waals surface area (Å²) in [6.07, 6.45) is 2.73. The summed E-state index contributed by atoms with van der Waals surface area (Å²) < 4.78 is 0. The lowest BCUT2D eigenvalue weighted by Crippen LogP contribution is -2.25. The van der Waals surface area contributed by atoms with Crippen molar-refractivity contribution in [2.24, 2.45) is 0 Å². The van der Waals surface area contributed by atoms with E-state index in [0.717, 1.165) is 59.1 Å². The van der Waals surface area contributed by atoms with Crippen molar-refractivity contribution >= 4 is 39.1 Å². The van der Waals surface area contributed by atoms with Gasteiger partial charge in [0.15, 0.2) is 5.82 Å². The molecule has 0 aliphatic rings. The molecule has 198 valence electrons. The second-order valence-electron chi connectivity index (χ2n) is 8.98. The number of carbonyl (C=O) groups is 1. The van der Waals surface area contributed by atoms with Gasteiger partial charge in [0.1, 0.15) is 26.9 Å². The third-order valence-corrected chi connectivity index (χ3v) is 7.43. The molecule has 8 nitrogen and oxygen atoms in total. The summed E-state index contributed by atoms with van der Waals surface area (Å²) in [6, 6.07) is 22.9. The highest BCUT2D eigenvalue weighted by Gasteiger charge is 2.17. The molecule has 39 heavy (non-hydrogen) atoms. The first-order valence-corrected chi connectivity index (χ1v) is 14.0. The van der Waals surface area contributed by atoms with E-state index in [1.54, 1.807) is 12.3 Å². The van der Waals surface area contributed by atoms with Crippen LogP contribution in [-0.4, -0.2) is 56.9 Å². The minimum atomic E-state index is -0.313. The van der Waals surface area contributed by atoms with E-state index in [-0.39, 0.29) is 11.6 Å². The Morgan fingerprint density at radius 3 is 2.51 bits per heavy atom. The van der Waals surface area contributed by atoms with Gasteiger partial charge in [-0.15, -0.1) is 0 Å². The molecule has 2 aromatic carbocycles. The average Bonchev–Trinajstić information content (AvgIpc) is 3.42. The number of aromatic nitrogens is 4. The molecular formula is C30H31N7OS.